The highest BCUT2D eigenvalue weighted by Gasteiger charge is 2.44. The molecule has 0 bridgehead atoms. The third kappa shape index (κ3) is 3.35. The minimum absolute atomic E-state index is 0.0653. The number of amides is 1. The van der Waals surface area contributed by atoms with Crippen LogP contribution < -0.4 is 5.32 Å². The van der Waals surface area contributed by atoms with E-state index in [-0.39, 0.29) is 29.0 Å². The van der Waals surface area contributed by atoms with Crippen LogP contribution in [0.5, 0.6) is 0 Å². The maximum absolute atomic E-state index is 13.9. The summed E-state index contributed by atoms with van der Waals surface area (Å²) in [6, 6.07) is 13.3. The highest BCUT2D eigenvalue weighted by atomic mass is 19.1. The Labute approximate surface area is 143 Å². The second-order valence-corrected chi connectivity index (χ2v) is 7.74. The van der Waals surface area contributed by atoms with Gasteiger partial charge >= 0.3 is 0 Å². The predicted octanol–water partition coefficient (Wildman–Crippen LogP) is 5.17. The predicted molar refractivity (Wildman–Crippen MR) is 95.8 cm³/mol. The van der Waals surface area contributed by atoms with Gasteiger partial charge in [-0.3, -0.25) is 4.79 Å². The van der Waals surface area contributed by atoms with E-state index < -0.39 is 0 Å². The quantitative estimate of drug-likeness (QED) is 0.828. The van der Waals surface area contributed by atoms with Crippen LogP contribution in [-0.4, -0.2) is 5.91 Å². The van der Waals surface area contributed by atoms with Gasteiger partial charge < -0.3 is 5.32 Å². The van der Waals surface area contributed by atoms with Crippen molar-refractivity contribution in [2.24, 2.45) is 5.92 Å². The molecule has 0 saturated heterocycles. The Morgan fingerprint density at radius 3 is 2.38 bits per heavy atom. The first-order chi connectivity index (χ1) is 11.3. The molecule has 0 aromatic heterocycles. The molecule has 24 heavy (non-hydrogen) atoms. The summed E-state index contributed by atoms with van der Waals surface area (Å²) in [6.45, 7) is 8.36. The second-order valence-electron chi connectivity index (χ2n) is 7.74. The van der Waals surface area contributed by atoms with E-state index in [9.17, 15) is 9.18 Å². The van der Waals surface area contributed by atoms with Gasteiger partial charge in [-0.25, -0.2) is 4.39 Å². The van der Waals surface area contributed by atoms with E-state index in [1.54, 1.807) is 19.1 Å². The molecule has 0 radical (unpaired) electrons. The van der Waals surface area contributed by atoms with E-state index in [2.05, 4.69) is 50.4 Å². The minimum Gasteiger partial charge on any atom is -0.323 e. The summed E-state index contributed by atoms with van der Waals surface area (Å²) in [4.78, 5) is 12.4. The molecule has 2 aromatic rings. The molecule has 2 aromatic carbocycles. The van der Waals surface area contributed by atoms with Gasteiger partial charge in [0.25, 0.3) is 0 Å². The Balaban J connectivity index is 1.68. The molecule has 2 nitrogen and oxygen atoms in total. The SMILES string of the molecule is Cc1cccc(F)c1NC(=O)[C@@H]1C[C@@H]1c1ccc(C(C)(C)C)cc1. The van der Waals surface area contributed by atoms with Crippen molar-refractivity contribution < 1.29 is 9.18 Å². The van der Waals surface area contributed by atoms with Crippen LogP contribution in [0, 0.1) is 18.7 Å². The van der Waals surface area contributed by atoms with Crippen LogP contribution in [0.2, 0.25) is 0 Å². The number of hydrogen-bond acceptors (Lipinski definition) is 1. The van der Waals surface area contributed by atoms with E-state index >= 15 is 0 Å². The van der Waals surface area contributed by atoms with Crippen molar-refractivity contribution in [2.45, 2.75) is 45.4 Å². The number of halogens is 1. The molecule has 3 rings (SSSR count). The zero-order chi connectivity index (χ0) is 17.5. The van der Waals surface area contributed by atoms with Gasteiger partial charge in [0.1, 0.15) is 5.82 Å². The standard InChI is InChI=1S/C21H24FNO/c1-13-6-5-7-18(22)19(13)23-20(24)17-12-16(17)14-8-10-15(11-9-14)21(2,3)4/h5-11,16-17H,12H2,1-4H3,(H,23,24)/t16-,17-/m1/s1. The topological polar surface area (TPSA) is 29.1 Å². The van der Waals surface area contributed by atoms with Crippen molar-refractivity contribution in [3.8, 4) is 0 Å². The molecule has 1 fully saturated rings. The lowest BCUT2D eigenvalue weighted by Crippen LogP contribution is -2.16. The van der Waals surface area contributed by atoms with E-state index in [0.29, 0.717) is 5.69 Å². The number of aryl methyl sites for hydroxylation is 1. The molecule has 126 valence electrons. The lowest BCUT2D eigenvalue weighted by Gasteiger charge is -2.19. The molecule has 1 aliphatic rings. The fourth-order valence-electron chi connectivity index (χ4n) is 3.09. The molecule has 0 heterocycles. The van der Waals surface area contributed by atoms with Crippen molar-refractivity contribution in [3.05, 3.63) is 65.0 Å². The molecular formula is C21H24FNO. The number of hydrogen-bond donors (Lipinski definition) is 1. The molecule has 2 atom stereocenters. The number of carbonyl (C=O) groups is 1. The van der Waals surface area contributed by atoms with Gasteiger partial charge in [-0.2, -0.15) is 0 Å². The molecule has 0 unspecified atom stereocenters. The van der Waals surface area contributed by atoms with Crippen molar-refractivity contribution in [1.29, 1.82) is 0 Å². The van der Waals surface area contributed by atoms with E-state index in [1.807, 2.05) is 0 Å². The zero-order valence-corrected chi connectivity index (χ0v) is 14.7. The van der Waals surface area contributed by atoms with Crippen molar-refractivity contribution in [3.63, 3.8) is 0 Å². The molecule has 1 aliphatic carbocycles. The Hall–Kier alpha value is -2.16. The Morgan fingerprint density at radius 1 is 1.12 bits per heavy atom. The number of benzene rings is 2. The summed E-state index contributed by atoms with van der Waals surface area (Å²) in [5.74, 6) is -0.293. The maximum atomic E-state index is 13.9. The highest BCUT2D eigenvalue weighted by molar-refractivity contribution is 5.96. The van der Waals surface area contributed by atoms with Crippen molar-refractivity contribution in [1.82, 2.24) is 0 Å². The third-order valence-corrected chi connectivity index (χ3v) is 4.80. The fourth-order valence-corrected chi connectivity index (χ4v) is 3.09. The molecule has 1 amide bonds. The lowest BCUT2D eigenvalue weighted by molar-refractivity contribution is -0.117. The van der Waals surface area contributed by atoms with Gasteiger partial charge in [0.15, 0.2) is 0 Å². The van der Waals surface area contributed by atoms with Crippen LogP contribution in [0.1, 0.15) is 49.8 Å². The average molecular weight is 325 g/mol. The molecule has 3 heteroatoms. The van der Waals surface area contributed by atoms with Crippen LogP contribution in [0.3, 0.4) is 0 Å². The molecule has 0 spiro atoms. The molecular weight excluding hydrogens is 301 g/mol. The van der Waals surface area contributed by atoms with E-state index in [4.69, 9.17) is 0 Å². The monoisotopic (exact) mass is 325 g/mol. The summed E-state index contributed by atoms with van der Waals surface area (Å²) in [5, 5.41) is 2.76. The van der Waals surface area contributed by atoms with Gasteiger partial charge in [0.05, 0.1) is 5.69 Å². The molecule has 1 N–H and O–H groups in total. The highest BCUT2D eigenvalue weighted by Crippen LogP contribution is 2.48. The zero-order valence-electron chi connectivity index (χ0n) is 14.7. The summed E-state index contributed by atoms with van der Waals surface area (Å²) in [5.41, 5.74) is 3.65. The van der Waals surface area contributed by atoms with Crippen LogP contribution in [-0.2, 0) is 10.2 Å². The van der Waals surface area contributed by atoms with Crippen LogP contribution in [0.4, 0.5) is 10.1 Å². The number of para-hydroxylation sites is 1. The minimum atomic E-state index is -0.380. The van der Waals surface area contributed by atoms with E-state index in [0.717, 1.165) is 12.0 Å². The van der Waals surface area contributed by atoms with Crippen LogP contribution in [0.15, 0.2) is 42.5 Å². The Bertz CT molecular complexity index is 738. The molecule has 0 aliphatic heterocycles. The summed E-state index contributed by atoms with van der Waals surface area (Å²) >= 11 is 0. The van der Waals surface area contributed by atoms with Crippen molar-refractivity contribution in [2.75, 3.05) is 5.32 Å². The van der Waals surface area contributed by atoms with Gasteiger partial charge in [-0.1, -0.05) is 57.2 Å². The van der Waals surface area contributed by atoms with Gasteiger partial charge in [0.2, 0.25) is 5.91 Å². The third-order valence-electron chi connectivity index (χ3n) is 4.80. The largest absolute Gasteiger partial charge is 0.323 e. The first-order valence-electron chi connectivity index (χ1n) is 8.44. The van der Waals surface area contributed by atoms with Crippen molar-refractivity contribution >= 4 is 11.6 Å². The first kappa shape index (κ1) is 16.7. The van der Waals surface area contributed by atoms with Gasteiger partial charge in [0, 0.05) is 5.92 Å². The number of rotatable bonds is 3. The van der Waals surface area contributed by atoms with Gasteiger partial charge in [-0.15, -0.1) is 0 Å². The number of anilines is 1. The Morgan fingerprint density at radius 2 is 1.79 bits per heavy atom. The Kier molecular flexibility index (Phi) is 4.20. The summed E-state index contributed by atoms with van der Waals surface area (Å²) in [7, 11) is 0. The normalized spacial score (nSPS) is 19.9. The van der Waals surface area contributed by atoms with Crippen LogP contribution in [0.25, 0.3) is 0 Å². The first-order valence-corrected chi connectivity index (χ1v) is 8.44. The number of carbonyl (C=O) groups excluding carboxylic acids is 1. The van der Waals surface area contributed by atoms with E-state index in [1.165, 1.54) is 17.2 Å². The average Bonchev–Trinajstić information content (AvgIpc) is 3.31. The fraction of sp³-hybridized carbons (Fsp3) is 0.381. The number of nitrogens with one attached hydrogen (secondary N) is 1. The maximum Gasteiger partial charge on any atom is 0.228 e. The van der Waals surface area contributed by atoms with Crippen LogP contribution >= 0.6 is 0 Å². The second kappa shape index (κ2) is 6.04. The van der Waals surface area contributed by atoms with Gasteiger partial charge in [-0.05, 0) is 47.4 Å². The summed E-state index contributed by atoms with van der Waals surface area (Å²) in [6.07, 6.45) is 0.828. The lowest BCUT2D eigenvalue weighted by atomic mass is 9.86. The smallest absolute Gasteiger partial charge is 0.228 e. The molecule has 1 saturated carbocycles. The summed E-state index contributed by atoms with van der Waals surface area (Å²) < 4.78 is 13.9.